The minimum Gasteiger partial charge on any atom is -0.496 e. The van der Waals surface area contributed by atoms with Crippen molar-refractivity contribution < 1.29 is 9.53 Å². The fraction of sp³-hybridized carbons (Fsp3) is 0.278. The lowest BCUT2D eigenvalue weighted by atomic mass is 10.1. The van der Waals surface area contributed by atoms with Crippen LogP contribution in [0.3, 0.4) is 0 Å². The fourth-order valence-electron chi connectivity index (χ4n) is 2.82. The van der Waals surface area contributed by atoms with Gasteiger partial charge >= 0.3 is 0 Å². The van der Waals surface area contributed by atoms with E-state index >= 15 is 0 Å². The monoisotopic (exact) mass is 408 g/mol. The largest absolute Gasteiger partial charge is 0.496 e. The first-order valence-electron chi connectivity index (χ1n) is 7.72. The summed E-state index contributed by atoms with van der Waals surface area (Å²) in [4.78, 5) is 16.8. The molecule has 0 aliphatic carbocycles. The van der Waals surface area contributed by atoms with Crippen LogP contribution in [-0.4, -0.2) is 44.1 Å². The van der Waals surface area contributed by atoms with Crippen molar-refractivity contribution in [1.29, 1.82) is 0 Å². The summed E-state index contributed by atoms with van der Waals surface area (Å²) in [5.41, 5.74) is 1.76. The quantitative estimate of drug-likeness (QED) is 0.766. The first-order valence-corrected chi connectivity index (χ1v) is 8.89. The second kappa shape index (κ2) is 7.45. The van der Waals surface area contributed by atoms with E-state index in [9.17, 15) is 4.79 Å². The van der Waals surface area contributed by atoms with E-state index in [-0.39, 0.29) is 5.91 Å². The van der Waals surface area contributed by atoms with Crippen molar-refractivity contribution in [1.82, 2.24) is 4.90 Å². The minimum atomic E-state index is 0.0455. The van der Waals surface area contributed by atoms with Crippen molar-refractivity contribution in [2.75, 3.05) is 38.2 Å². The zero-order valence-electron chi connectivity index (χ0n) is 13.3. The van der Waals surface area contributed by atoms with Crippen molar-refractivity contribution >= 4 is 39.1 Å². The second-order valence-electron chi connectivity index (χ2n) is 5.61. The van der Waals surface area contributed by atoms with E-state index in [1.165, 1.54) is 0 Å². The number of halogens is 2. The third-order valence-corrected chi connectivity index (χ3v) is 4.99. The maximum absolute atomic E-state index is 12.7. The number of hydrogen-bond donors (Lipinski definition) is 0. The van der Waals surface area contributed by atoms with Gasteiger partial charge in [0.25, 0.3) is 5.91 Å². The smallest absolute Gasteiger partial charge is 0.254 e. The summed E-state index contributed by atoms with van der Waals surface area (Å²) in [6.45, 7) is 2.97. The molecule has 24 heavy (non-hydrogen) atoms. The van der Waals surface area contributed by atoms with Crippen LogP contribution in [0.15, 0.2) is 46.9 Å². The van der Waals surface area contributed by atoms with Gasteiger partial charge in [-0.3, -0.25) is 4.79 Å². The van der Waals surface area contributed by atoms with Crippen LogP contribution in [0.5, 0.6) is 5.75 Å². The molecule has 0 atom stereocenters. The Morgan fingerprint density at radius 2 is 1.88 bits per heavy atom. The Kier molecular flexibility index (Phi) is 5.31. The number of hydrogen-bond acceptors (Lipinski definition) is 3. The summed E-state index contributed by atoms with van der Waals surface area (Å²) in [7, 11) is 1.61. The Morgan fingerprint density at radius 1 is 1.12 bits per heavy atom. The summed E-state index contributed by atoms with van der Waals surface area (Å²) in [6, 6.07) is 13.2. The molecule has 1 amide bonds. The molecule has 0 N–H and O–H groups in total. The molecule has 0 saturated carbocycles. The van der Waals surface area contributed by atoms with Gasteiger partial charge in [-0.2, -0.15) is 0 Å². The van der Waals surface area contributed by atoms with Crippen LogP contribution in [0.2, 0.25) is 5.02 Å². The van der Waals surface area contributed by atoms with Crippen LogP contribution >= 0.6 is 27.5 Å². The third-order valence-electron chi connectivity index (χ3n) is 4.14. The highest BCUT2D eigenvalue weighted by Gasteiger charge is 2.23. The van der Waals surface area contributed by atoms with Gasteiger partial charge in [0, 0.05) is 42.5 Å². The van der Waals surface area contributed by atoms with Gasteiger partial charge in [-0.1, -0.05) is 17.7 Å². The lowest BCUT2D eigenvalue weighted by Crippen LogP contribution is -2.48. The molecule has 0 aromatic heterocycles. The second-order valence-corrected chi connectivity index (χ2v) is 6.90. The number of benzene rings is 2. The molecule has 2 aromatic rings. The van der Waals surface area contributed by atoms with E-state index < -0.39 is 0 Å². The Labute approximate surface area is 155 Å². The summed E-state index contributed by atoms with van der Waals surface area (Å²) < 4.78 is 5.99. The maximum atomic E-state index is 12.7. The van der Waals surface area contributed by atoms with Gasteiger partial charge in [-0.25, -0.2) is 0 Å². The van der Waals surface area contributed by atoms with Crippen LogP contribution in [0.25, 0.3) is 0 Å². The molecule has 0 spiro atoms. The van der Waals surface area contributed by atoms with Gasteiger partial charge in [0.05, 0.1) is 11.6 Å². The van der Waals surface area contributed by atoms with Gasteiger partial charge in [-0.05, 0) is 52.3 Å². The lowest BCUT2D eigenvalue weighted by molar-refractivity contribution is 0.0746. The van der Waals surface area contributed by atoms with Gasteiger partial charge in [0.1, 0.15) is 5.75 Å². The molecule has 1 saturated heterocycles. The van der Waals surface area contributed by atoms with E-state index in [4.69, 9.17) is 16.3 Å². The third kappa shape index (κ3) is 3.68. The predicted molar refractivity (Wildman–Crippen MR) is 100 cm³/mol. The first kappa shape index (κ1) is 17.1. The number of nitrogens with zero attached hydrogens (tertiary/aromatic N) is 2. The molecule has 6 heteroatoms. The maximum Gasteiger partial charge on any atom is 0.254 e. The number of methoxy groups -OCH3 is 1. The molecular formula is C18H18BrClN2O2. The number of piperazine rings is 1. The number of ether oxygens (including phenoxy) is 1. The molecule has 3 rings (SSSR count). The van der Waals surface area contributed by atoms with Crippen LogP contribution < -0.4 is 9.64 Å². The van der Waals surface area contributed by atoms with E-state index in [0.29, 0.717) is 18.7 Å². The zero-order valence-corrected chi connectivity index (χ0v) is 15.7. The number of carbonyl (C=O) groups is 1. The van der Waals surface area contributed by atoms with Crippen molar-refractivity contribution in [3.05, 3.63) is 57.5 Å². The molecule has 1 aliphatic heterocycles. The average molecular weight is 410 g/mol. The highest BCUT2D eigenvalue weighted by molar-refractivity contribution is 9.10. The summed E-state index contributed by atoms with van der Waals surface area (Å²) in [5.74, 6) is 0.765. The zero-order chi connectivity index (χ0) is 17.1. The lowest BCUT2D eigenvalue weighted by Gasteiger charge is -2.36. The van der Waals surface area contributed by atoms with Crippen molar-refractivity contribution in [2.45, 2.75) is 0 Å². The molecule has 1 aliphatic rings. The number of anilines is 1. The molecule has 126 valence electrons. The van der Waals surface area contributed by atoms with Crippen LogP contribution in [0, 0.1) is 0 Å². The van der Waals surface area contributed by atoms with Crippen LogP contribution in [0.1, 0.15) is 10.4 Å². The van der Waals surface area contributed by atoms with E-state index in [1.807, 2.05) is 35.2 Å². The van der Waals surface area contributed by atoms with E-state index in [0.717, 1.165) is 34.0 Å². The van der Waals surface area contributed by atoms with E-state index in [1.54, 1.807) is 19.2 Å². The van der Waals surface area contributed by atoms with Crippen LogP contribution in [0.4, 0.5) is 5.69 Å². The first-order chi connectivity index (χ1) is 11.6. The van der Waals surface area contributed by atoms with Gasteiger partial charge in [-0.15, -0.1) is 0 Å². The molecule has 1 heterocycles. The molecule has 4 nitrogen and oxygen atoms in total. The van der Waals surface area contributed by atoms with Gasteiger partial charge in [0.2, 0.25) is 0 Å². The minimum absolute atomic E-state index is 0.0455. The van der Waals surface area contributed by atoms with Gasteiger partial charge < -0.3 is 14.5 Å². The Balaban J connectivity index is 1.66. The average Bonchev–Trinajstić information content (AvgIpc) is 2.61. The molecule has 1 fully saturated rings. The predicted octanol–water partition coefficient (Wildman–Crippen LogP) is 4.07. The molecule has 0 unspecified atom stereocenters. The number of rotatable bonds is 3. The Morgan fingerprint density at radius 3 is 2.50 bits per heavy atom. The summed E-state index contributed by atoms with van der Waals surface area (Å²) in [5, 5.41) is 0.731. The summed E-state index contributed by atoms with van der Waals surface area (Å²) in [6.07, 6.45) is 0. The van der Waals surface area contributed by atoms with Crippen LogP contribution in [-0.2, 0) is 0 Å². The highest BCUT2D eigenvalue weighted by atomic mass is 79.9. The SMILES string of the molecule is COc1ccc(C(=O)N2CCN(c3cccc(Cl)c3)CC2)cc1Br. The fourth-order valence-corrected chi connectivity index (χ4v) is 3.55. The Hall–Kier alpha value is -1.72. The van der Waals surface area contributed by atoms with Crippen molar-refractivity contribution in [2.24, 2.45) is 0 Å². The topological polar surface area (TPSA) is 32.8 Å². The Bertz CT molecular complexity index is 746. The highest BCUT2D eigenvalue weighted by Crippen LogP contribution is 2.26. The molecule has 2 aromatic carbocycles. The van der Waals surface area contributed by atoms with Crippen molar-refractivity contribution in [3.63, 3.8) is 0 Å². The standard InChI is InChI=1S/C18H18BrClN2O2/c1-24-17-6-5-13(11-16(17)19)18(23)22-9-7-21(8-10-22)15-4-2-3-14(20)12-15/h2-6,11-12H,7-10H2,1H3. The number of amides is 1. The summed E-state index contributed by atoms with van der Waals surface area (Å²) >= 11 is 9.49. The van der Waals surface area contributed by atoms with Crippen molar-refractivity contribution in [3.8, 4) is 5.75 Å². The molecular weight excluding hydrogens is 392 g/mol. The van der Waals surface area contributed by atoms with E-state index in [2.05, 4.69) is 20.8 Å². The molecule has 0 radical (unpaired) electrons. The normalized spacial score (nSPS) is 14.6. The number of carbonyl (C=O) groups excluding carboxylic acids is 1. The molecule has 0 bridgehead atoms. The van der Waals surface area contributed by atoms with Gasteiger partial charge in [0.15, 0.2) is 0 Å².